The first-order valence-electron chi connectivity index (χ1n) is 7.60. The molecular weight excluding hydrogens is 355 g/mol. The van der Waals surface area contributed by atoms with Gasteiger partial charge in [-0.15, -0.1) is 0 Å². The van der Waals surface area contributed by atoms with E-state index in [9.17, 15) is 14.4 Å². The molecule has 0 aliphatic carbocycles. The maximum Gasteiger partial charge on any atom is 0.266 e. The fourth-order valence-corrected chi connectivity index (χ4v) is 2.43. The number of halogens is 2. The van der Waals surface area contributed by atoms with Crippen LogP contribution < -0.4 is 5.32 Å². The quantitative estimate of drug-likeness (QED) is 0.504. The normalized spacial score (nSPS) is 11.0. The molecule has 1 amide bonds. The third-order valence-corrected chi connectivity index (χ3v) is 3.86. The van der Waals surface area contributed by atoms with Crippen molar-refractivity contribution in [2.45, 2.75) is 0 Å². The summed E-state index contributed by atoms with van der Waals surface area (Å²) in [5.74, 6) is -0.112. The molecule has 0 spiro atoms. The minimum absolute atomic E-state index is 0.134. The summed E-state index contributed by atoms with van der Waals surface area (Å²) in [5, 5.41) is 12.2. The molecule has 3 aromatic rings. The molecule has 1 aromatic heterocycles. The number of carbonyl (C=O) groups is 1. The predicted octanol–water partition coefficient (Wildman–Crippen LogP) is 5.28. The van der Waals surface area contributed by atoms with Gasteiger partial charge in [0.2, 0.25) is 0 Å². The van der Waals surface area contributed by atoms with E-state index in [4.69, 9.17) is 16.0 Å². The van der Waals surface area contributed by atoms with Crippen LogP contribution in [-0.4, -0.2) is 5.91 Å². The Morgan fingerprint density at radius 2 is 1.85 bits per heavy atom. The minimum atomic E-state index is -0.597. The number of benzene rings is 2. The van der Waals surface area contributed by atoms with Gasteiger partial charge in [0.25, 0.3) is 5.91 Å². The molecule has 3 rings (SSSR count). The molecule has 0 saturated carbocycles. The number of nitrogens with zero attached hydrogens (tertiary/aromatic N) is 1. The number of hydrogen-bond donors (Lipinski definition) is 1. The highest BCUT2D eigenvalue weighted by molar-refractivity contribution is 6.34. The molecule has 1 N–H and O–H groups in total. The summed E-state index contributed by atoms with van der Waals surface area (Å²) < 4.78 is 18.6. The highest BCUT2D eigenvalue weighted by atomic mass is 35.5. The number of anilines is 1. The van der Waals surface area contributed by atoms with Crippen molar-refractivity contribution in [1.82, 2.24) is 0 Å². The van der Waals surface area contributed by atoms with Gasteiger partial charge in [-0.2, -0.15) is 5.26 Å². The first-order chi connectivity index (χ1) is 12.6. The van der Waals surface area contributed by atoms with E-state index >= 15 is 0 Å². The van der Waals surface area contributed by atoms with Gasteiger partial charge in [-0.25, -0.2) is 4.39 Å². The summed E-state index contributed by atoms with van der Waals surface area (Å²) in [6.07, 6.45) is 1.33. The second-order valence-electron chi connectivity index (χ2n) is 5.31. The number of carbonyl (C=O) groups excluding carboxylic acids is 1. The Morgan fingerprint density at radius 1 is 1.12 bits per heavy atom. The molecular formula is C20H12ClFN2O2. The number of nitrogens with one attached hydrogen (secondary N) is 1. The lowest BCUT2D eigenvalue weighted by Gasteiger charge is -2.05. The van der Waals surface area contributed by atoms with Gasteiger partial charge in [-0.1, -0.05) is 23.7 Å². The Hall–Kier alpha value is -3.36. The van der Waals surface area contributed by atoms with Crippen molar-refractivity contribution in [2.24, 2.45) is 0 Å². The number of nitriles is 1. The van der Waals surface area contributed by atoms with Gasteiger partial charge >= 0.3 is 0 Å². The number of furan rings is 1. The van der Waals surface area contributed by atoms with Crippen LogP contribution in [0.2, 0.25) is 5.02 Å². The molecule has 0 atom stereocenters. The highest BCUT2D eigenvalue weighted by Gasteiger charge is 2.12. The monoisotopic (exact) mass is 366 g/mol. The van der Waals surface area contributed by atoms with Crippen LogP contribution in [0, 0.1) is 17.1 Å². The lowest BCUT2D eigenvalue weighted by molar-refractivity contribution is -0.112. The number of rotatable bonds is 4. The highest BCUT2D eigenvalue weighted by Crippen LogP contribution is 2.24. The van der Waals surface area contributed by atoms with Gasteiger partial charge in [0.15, 0.2) is 0 Å². The summed E-state index contributed by atoms with van der Waals surface area (Å²) in [4.78, 5) is 12.3. The number of para-hydroxylation sites is 1. The lowest BCUT2D eigenvalue weighted by Crippen LogP contribution is -2.13. The van der Waals surface area contributed by atoms with Crippen LogP contribution in [-0.2, 0) is 4.79 Å². The van der Waals surface area contributed by atoms with Crippen LogP contribution in [0.4, 0.5) is 10.1 Å². The molecule has 2 aromatic carbocycles. The maximum absolute atomic E-state index is 13.0. The van der Waals surface area contributed by atoms with Crippen molar-refractivity contribution < 1.29 is 13.6 Å². The van der Waals surface area contributed by atoms with E-state index in [-0.39, 0.29) is 11.4 Å². The van der Waals surface area contributed by atoms with E-state index in [2.05, 4.69) is 5.32 Å². The van der Waals surface area contributed by atoms with Crippen LogP contribution in [0.3, 0.4) is 0 Å². The standard InChI is InChI=1S/C20H12ClFN2O2/c21-17-3-1-2-4-18(17)24-20(25)14(12-23)11-16-9-10-19(26-16)13-5-7-15(22)8-6-13/h1-11H,(H,24,25)/b14-11+. The fourth-order valence-electron chi connectivity index (χ4n) is 2.24. The fraction of sp³-hybridized carbons (Fsp3) is 0. The van der Waals surface area contributed by atoms with E-state index in [1.807, 2.05) is 6.07 Å². The SMILES string of the molecule is N#C/C(=C\c1ccc(-c2ccc(F)cc2)o1)C(=O)Nc1ccccc1Cl. The van der Waals surface area contributed by atoms with Crippen molar-refractivity contribution in [3.05, 3.63) is 82.8 Å². The van der Waals surface area contributed by atoms with Crippen LogP contribution in [0.1, 0.15) is 5.76 Å². The van der Waals surface area contributed by atoms with Gasteiger partial charge in [0.1, 0.15) is 29.0 Å². The molecule has 26 heavy (non-hydrogen) atoms. The number of hydrogen-bond acceptors (Lipinski definition) is 3. The zero-order chi connectivity index (χ0) is 18.5. The van der Waals surface area contributed by atoms with Gasteiger partial charge < -0.3 is 9.73 Å². The summed E-state index contributed by atoms with van der Waals surface area (Å²) in [7, 11) is 0. The zero-order valence-corrected chi connectivity index (χ0v) is 14.1. The summed E-state index contributed by atoms with van der Waals surface area (Å²) in [6, 6.07) is 17.7. The molecule has 4 nitrogen and oxygen atoms in total. The summed E-state index contributed by atoms with van der Waals surface area (Å²) in [6.45, 7) is 0. The van der Waals surface area contributed by atoms with Crippen molar-refractivity contribution in [3.63, 3.8) is 0 Å². The third kappa shape index (κ3) is 4.00. The van der Waals surface area contributed by atoms with Crippen LogP contribution in [0.15, 0.2) is 70.7 Å². The van der Waals surface area contributed by atoms with E-state index in [1.165, 1.54) is 18.2 Å². The van der Waals surface area contributed by atoms with E-state index in [0.29, 0.717) is 27.8 Å². The molecule has 0 aliphatic rings. The third-order valence-electron chi connectivity index (χ3n) is 3.53. The molecule has 0 unspecified atom stereocenters. The van der Waals surface area contributed by atoms with Crippen molar-refractivity contribution >= 4 is 29.3 Å². The Morgan fingerprint density at radius 3 is 2.54 bits per heavy atom. The zero-order valence-electron chi connectivity index (χ0n) is 13.4. The second kappa shape index (κ2) is 7.68. The Balaban J connectivity index is 1.81. The van der Waals surface area contributed by atoms with Gasteiger partial charge in [-0.3, -0.25) is 4.79 Å². The topological polar surface area (TPSA) is 66.0 Å². The van der Waals surface area contributed by atoms with E-state index < -0.39 is 5.91 Å². The molecule has 0 aliphatic heterocycles. The van der Waals surface area contributed by atoms with Crippen LogP contribution >= 0.6 is 11.6 Å². The molecule has 0 saturated heterocycles. The van der Waals surface area contributed by atoms with Gasteiger partial charge in [-0.05, 0) is 48.5 Å². The second-order valence-corrected chi connectivity index (χ2v) is 5.72. The molecule has 0 bridgehead atoms. The molecule has 6 heteroatoms. The number of amides is 1. The predicted molar refractivity (Wildman–Crippen MR) is 97.8 cm³/mol. The molecule has 0 radical (unpaired) electrons. The van der Waals surface area contributed by atoms with Gasteiger partial charge in [0.05, 0.1) is 10.7 Å². The largest absolute Gasteiger partial charge is 0.457 e. The summed E-state index contributed by atoms with van der Waals surface area (Å²) >= 11 is 6.00. The van der Waals surface area contributed by atoms with Crippen LogP contribution in [0.25, 0.3) is 17.4 Å². The van der Waals surface area contributed by atoms with E-state index in [1.54, 1.807) is 48.5 Å². The molecule has 0 fully saturated rings. The van der Waals surface area contributed by atoms with Crippen LogP contribution in [0.5, 0.6) is 0 Å². The summed E-state index contributed by atoms with van der Waals surface area (Å²) in [5.41, 5.74) is 0.960. The Kier molecular flexibility index (Phi) is 5.16. The Bertz CT molecular complexity index is 1020. The minimum Gasteiger partial charge on any atom is -0.457 e. The van der Waals surface area contributed by atoms with E-state index in [0.717, 1.165) is 0 Å². The van der Waals surface area contributed by atoms with Crippen molar-refractivity contribution in [1.29, 1.82) is 5.26 Å². The average Bonchev–Trinajstić information content (AvgIpc) is 3.10. The van der Waals surface area contributed by atoms with Crippen molar-refractivity contribution in [3.8, 4) is 17.4 Å². The maximum atomic E-state index is 13.0. The molecule has 1 heterocycles. The smallest absolute Gasteiger partial charge is 0.266 e. The molecule has 128 valence electrons. The average molecular weight is 367 g/mol. The first-order valence-corrected chi connectivity index (χ1v) is 7.98. The lowest BCUT2D eigenvalue weighted by atomic mass is 10.2. The van der Waals surface area contributed by atoms with Crippen molar-refractivity contribution in [2.75, 3.05) is 5.32 Å². The van der Waals surface area contributed by atoms with Gasteiger partial charge in [0, 0.05) is 11.6 Å². The Labute approximate surface area is 154 Å². The first kappa shape index (κ1) is 17.5.